The van der Waals surface area contributed by atoms with E-state index < -0.39 is 14.6 Å². The molecule has 0 radical (unpaired) electrons. The van der Waals surface area contributed by atoms with E-state index >= 15 is 0 Å². The van der Waals surface area contributed by atoms with Gasteiger partial charge in [-0.05, 0) is 88.5 Å². The minimum absolute atomic E-state index is 0.341. The van der Waals surface area contributed by atoms with Crippen LogP contribution < -0.4 is 30.6 Å². The van der Waals surface area contributed by atoms with Gasteiger partial charge in [-0.1, -0.05) is 103 Å². The lowest BCUT2D eigenvalue weighted by Gasteiger charge is -2.27. The summed E-state index contributed by atoms with van der Waals surface area (Å²) in [6, 6.07) is 54.7. The number of hydrogen-bond acceptors (Lipinski definition) is 3. The summed E-state index contributed by atoms with van der Waals surface area (Å²) in [5.41, 5.74) is 0. The van der Waals surface area contributed by atoms with Crippen molar-refractivity contribution in [3.8, 4) is 5.75 Å². The van der Waals surface area contributed by atoms with E-state index in [0.717, 1.165) is 38.5 Å². The van der Waals surface area contributed by atoms with Crippen LogP contribution in [0.2, 0.25) is 0 Å². The lowest BCUT2D eigenvalue weighted by molar-refractivity contribution is -0.372. The highest BCUT2D eigenvalue weighted by molar-refractivity contribution is 7.95. The first kappa shape index (κ1) is 28.6. The summed E-state index contributed by atoms with van der Waals surface area (Å²) in [6.07, 6.45) is 1.14. The Balaban J connectivity index is 0.000000153. The molecule has 7 aromatic rings. The fourth-order valence-corrected chi connectivity index (χ4v) is 10.0. The van der Waals surface area contributed by atoms with Crippen molar-refractivity contribution in [2.24, 2.45) is 0 Å². The van der Waals surface area contributed by atoms with E-state index in [0.29, 0.717) is 5.75 Å². The zero-order valence-electron chi connectivity index (χ0n) is 24.0. The summed E-state index contributed by atoms with van der Waals surface area (Å²) >= 11 is 0. The molecule has 7 rings (SSSR count). The normalized spacial score (nSPS) is 11.2. The lowest BCUT2D eigenvalue weighted by Crippen LogP contribution is -2.50. The van der Waals surface area contributed by atoms with Gasteiger partial charge in [-0.15, -0.1) is 0 Å². The van der Waals surface area contributed by atoms with Crippen LogP contribution >= 0.6 is 7.26 Å². The van der Waals surface area contributed by atoms with E-state index in [2.05, 4.69) is 116 Å². The van der Waals surface area contributed by atoms with Crippen LogP contribution in [0.1, 0.15) is 6.92 Å². The summed E-state index contributed by atoms with van der Waals surface area (Å²) in [5, 5.41) is 32.3. The van der Waals surface area contributed by atoms with Gasteiger partial charge in [-0.3, -0.25) is 0 Å². The van der Waals surface area contributed by atoms with Crippen molar-refractivity contribution in [3.05, 3.63) is 158 Å². The molecule has 3 nitrogen and oxygen atoms in total. The molecule has 0 saturated heterocycles. The van der Waals surface area contributed by atoms with Gasteiger partial charge in [0.05, 0.1) is 6.16 Å². The molecule has 43 heavy (non-hydrogen) atoms. The molecule has 0 saturated carbocycles. The van der Waals surface area contributed by atoms with E-state index in [1.165, 1.54) is 15.9 Å². The molecule has 0 fully saturated rings. The second-order valence-electron chi connectivity index (χ2n) is 10.4. The quantitative estimate of drug-likeness (QED) is 0.102. The first-order chi connectivity index (χ1) is 21.1. The van der Waals surface area contributed by atoms with Crippen LogP contribution in [-0.2, 0) is 0 Å². The molecule has 0 aliphatic rings. The van der Waals surface area contributed by atoms with E-state index in [1.807, 2.05) is 36.4 Å². The summed E-state index contributed by atoms with van der Waals surface area (Å²) in [4.78, 5) is 0. The highest BCUT2D eigenvalue weighted by Crippen LogP contribution is 2.54. The molecule has 210 valence electrons. The number of benzene rings is 7. The van der Waals surface area contributed by atoms with Crippen molar-refractivity contribution in [2.75, 3.05) is 6.16 Å². The average Bonchev–Trinajstić information content (AvgIpc) is 3.06. The number of rotatable bonds is 6. The molecule has 0 aromatic heterocycles. The van der Waals surface area contributed by atoms with Crippen LogP contribution in [-0.4, -0.2) is 13.5 Å². The van der Waals surface area contributed by atoms with Gasteiger partial charge in [0, 0.05) is 5.39 Å². The Morgan fingerprint density at radius 2 is 0.977 bits per heavy atom. The molecule has 0 heterocycles. The van der Waals surface area contributed by atoms with Crippen molar-refractivity contribution >= 4 is 62.8 Å². The highest BCUT2D eigenvalue weighted by Gasteiger charge is 2.43. The molecule has 0 spiro atoms. The number of hydrogen-bond donors (Lipinski definition) is 0. The Kier molecular flexibility index (Phi) is 8.53. The first-order valence-corrected chi connectivity index (χ1v) is 16.4. The molecule has 0 amide bonds. The maximum atomic E-state index is 10.9. The Morgan fingerprint density at radius 3 is 1.49 bits per heavy atom. The third-order valence-corrected chi connectivity index (χ3v) is 12.5. The molecule has 0 aliphatic carbocycles. The highest BCUT2D eigenvalue weighted by atomic mass is 31.2. The first-order valence-electron chi connectivity index (χ1n) is 14.5. The molecule has 0 unspecified atom stereocenters. The second-order valence-corrected chi connectivity index (χ2v) is 14.2. The molecular weight excluding hydrogens is 546 g/mol. The third kappa shape index (κ3) is 5.78. The molecular formula is C38H31BO3P-. The Labute approximate surface area is 253 Å². The van der Waals surface area contributed by atoms with Gasteiger partial charge >= 0.3 is 0 Å². The molecule has 5 heteroatoms. The van der Waals surface area contributed by atoms with Crippen LogP contribution in [0.3, 0.4) is 0 Å². The van der Waals surface area contributed by atoms with Gasteiger partial charge in [-0.25, -0.2) is 0 Å². The van der Waals surface area contributed by atoms with Crippen molar-refractivity contribution in [1.29, 1.82) is 0 Å². The standard InChI is InChI=1S/C20H20P.C18H11BO3/c1-2-21(18-12-6-3-7-13-18,19-14-8-4-9-15-19)20-16-10-5-11-17-20;20-19(21)22-17-7-3-6-12-8-9-15-10-13-4-1-2-5-14(13)11-16(15)18(12)17/h3-17H,2H2,1H3;1-11H/q+1;-2. The Hall–Kier alpha value is -4.47. The van der Waals surface area contributed by atoms with Crippen LogP contribution in [0.15, 0.2) is 158 Å². The largest absolute Gasteiger partial charge is 0.860 e. The van der Waals surface area contributed by atoms with E-state index in [-0.39, 0.29) is 0 Å². The van der Waals surface area contributed by atoms with Gasteiger partial charge < -0.3 is 14.7 Å². The molecule has 0 aliphatic heterocycles. The molecule has 0 bridgehead atoms. The van der Waals surface area contributed by atoms with Crippen molar-refractivity contribution in [3.63, 3.8) is 0 Å². The van der Waals surface area contributed by atoms with Crippen molar-refractivity contribution in [2.45, 2.75) is 6.92 Å². The van der Waals surface area contributed by atoms with Crippen molar-refractivity contribution < 1.29 is 14.7 Å². The smallest absolute Gasteiger partial charge is 0.133 e. The van der Waals surface area contributed by atoms with Gasteiger partial charge in [-0.2, -0.15) is 0 Å². The van der Waals surface area contributed by atoms with E-state index in [4.69, 9.17) is 4.65 Å². The van der Waals surface area contributed by atoms with Crippen LogP contribution in [0.4, 0.5) is 0 Å². The van der Waals surface area contributed by atoms with Gasteiger partial charge in [0.2, 0.25) is 0 Å². The third-order valence-electron chi connectivity index (χ3n) is 7.98. The van der Waals surface area contributed by atoms with Gasteiger partial charge in [0.1, 0.15) is 36.2 Å². The summed E-state index contributed by atoms with van der Waals surface area (Å²) in [5.74, 6) is 0.341. The van der Waals surface area contributed by atoms with Crippen LogP contribution in [0.25, 0.3) is 32.3 Å². The molecule has 7 aromatic carbocycles. The lowest BCUT2D eigenvalue weighted by atomic mass is 9.97. The average molecular weight is 577 g/mol. The molecule has 0 N–H and O–H groups in total. The molecule has 0 atom stereocenters. The zero-order valence-corrected chi connectivity index (χ0v) is 24.9. The maximum absolute atomic E-state index is 10.9. The van der Waals surface area contributed by atoms with Gasteiger partial charge in [0.15, 0.2) is 0 Å². The minimum Gasteiger partial charge on any atom is -0.860 e. The summed E-state index contributed by atoms with van der Waals surface area (Å²) in [7, 11) is -3.87. The topological polar surface area (TPSA) is 55.3 Å². The Bertz CT molecular complexity index is 1870. The van der Waals surface area contributed by atoms with Crippen LogP contribution in [0, 0.1) is 0 Å². The van der Waals surface area contributed by atoms with Crippen molar-refractivity contribution in [1.82, 2.24) is 0 Å². The SMILES string of the molecule is CC[P+](c1ccccc1)(c1ccccc1)c1ccccc1.[O-]B([O-])Oc1cccc2ccc3cc4ccccc4cc3c12. The minimum atomic E-state index is -2.33. The maximum Gasteiger partial charge on any atom is 0.133 e. The zero-order chi connectivity index (χ0) is 29.6. The fourth-order valence-electron chi connectivity index (χ4n) is 6.01. The van der Waals surface area contributed by atoms with E-state index in [9.17, 15) is 10.0 Å². The predicted octanol–water partition coefficient (Wildman–Crippen LogP) is 6.23. The Morgan fingerprint density at radius 1 is 0.512 bits per heavy atom. The van der Waals surface area contributed by atoms with Crippen LogP contribution in [0.5, 0.6) is 5.75 Å². The fraction of sp³-hybridized carbons (Fsp3) is 0.0526. The monoisotopic (exact) mass is 577 g/mol. The summed E-state index contributed by atoms with van der Waals surface area (Å²) < 4.78 is 4.94. The van der Waals surface area contributed by atoms with Gasteiger partial charge in [0.25, 0.3) is 0 Å². The second kappa shape index (κ2) is 12.8. The number of fused-ring (bicyclic) bond motifs is 4. The summed E-state index contributed by atoms with van der Waals surface area (Å²) in [6.45, 7) is 2.32. The predicted molar refractivity (Wildman–Crippen MR) is 181 cm³/mol. The van der Waals surface area contributed by atoms with E-state index in [1.54, 1.807) is 12.1 Å².